The lowest BCUT2D eigenvalue weighted by Crippen LogP contribution is -2.43. The van der Waals surface area contributed by atoms with Crippen molar-refractivity contribution in [1.29, 1.82) is 0 Å². The number of aromatic nitrogens is 2. The molecule has 1 aromatic carbocycles. The van der Waals surface area contributed by atoms with Gasteiger partial charge >= 0.3 is 6.03 Å². The summed E-state index contributed by atoms with van der Waals surface area (Å²) in [6, 6.07) is 9.06. The van der Waals surface area contributed by atoms with E-state index >= 15 is 0 Å². The second kappa shape index (κ2) is 7.04. The lowest BCUT2D eigenvalue weighted by molar-refractivity contribution is 0.110. The summed E-state index contributed by atoms with van der Waals surface area (Å²) in [5, 5.41) is 10.4. The number of nitrogens with one attached hydrogen (secondary N) is 1. The number of ether oxygens (including phenoxy) is 1. The summed E-state index contributed by atoms with van der Waals surface area (Å²) in [6.07, 6.45) is 3.08. The molecule has 3 rings (SSSR count). The van der Waals surface area contributed by atoms with Crippen LogP contribution >= 0.6 is 0 Å². The molecule has 0 aliphatic carbocycles. The van der Waals surface area contributed by atoms with Crippen molar-refractivity contribution in [3.05, 3.63) is 48.4 Å². The predicted molar refractivity (Wildman–Crippen MR) is 82.7 cm³/mol. The standard InChI is InChI=1S/C16H17FN4O2/c17-12-3-5-13(6-4-12)19-16(22)21-10-7-14(8-11-21)23-15-2-1-9-18-20-15/h1-6,9,14H,7-8,10-11H2,(H,19,22). The van der Waals surface area contributed by atoms with Crippen molar-refractivity contribution in [2.45, 2.75) is 18.9 Å². The molecule has 0 atom stereocenters. The number of piperidine rings is 1. The maximum atomic E-state index is 12.9. The molecule has 1 aliphatic rings. The maximum Gasteiger partial charge on any atom is 0.321 e. The second-order valence-electron chi connectivity index (χ2n) is 5.30. The molecule has 23 heavy (non-hydrogen) atoms. The SMILES string of the molecule is O=C(Nc1ccc(F)cc1)N1CCC(Oc2cccnn2)CC1. The van der Waals surface area contributed by atoms with E-state index in [0.717, 1.165) is 12.8 Å². The average molecular weight is 316 g/mol. The number of hydrogen-bond donors (Lipinski definition) is 1. The topological polar surface area (TPSA) is 67.4 Å². The number of carbonyl (C=O) groups is 1. The summed E-state index contributed by atoms with van der Waals surface area (Å²) in [7, 11) is 0. The van der Waals surface area contributed by atoms with Gasteiger partial charge in [-0.1, -0.05) is 0 Å². The summed E-state index contributed by atoms with van der Waals surface area (Å²) in [6.45, 7) is 1.19. The fourth-order valence-electron chi connectivity index (χ4n) is 2.43. The van der Waals surface area contributed by atoms with Gasteiger partial charge in [-0.15, -0.1) is 5.10 Å². The van der Waals surface area contributed by atoms with Gasteiger partial charge in [-0.2, -0.15) is 5.10 Å². The Morgan fingerprint density at radius 3 is 2.61 bits per heavy atom. The highest BCUT2D eigenvalue weighted by Crippen LogP contribution is 2.17. The highest BCUT2D eigenvalue weighted by molar-refractivity contribution is 5.89. The number of hydrogen-bond acceptors (Lipinski definition) is 4. The van der Waals surface area contributed by atoms with Crippen LogP contribution in [-0.2, 0) is 0 Å². The molecule has 120 valence electrons. The van der Waals surface area contributed by atoms with Crippen molar-refractivity contribution in [2.75, 3.05) is 18.4 Å². The summed E-state index contributed by atoms with van der Waals surface area (Å²) in [5.74, 6) is 0.173. The molecule has 2 aromatic rings. The van der Waals surface area contributed by atoms with Gasteiger partial charge in [0.2, 0.25) is 5.88 Å². The van der Waals surface area contributed by atoms with Gasteiger partial charge in [0.05, 0.1) is 0 Å². The van der Waals surface area contributed by atoms with E-state index in [-0.39, 0.29) is 18.0 Å². The van der Waals surface area contributed by atoms with Crippen molar-refractivity contribution in [2.24, 2.45) is 0 Å². The number of anilines is 1. The number of likely N-dealkylation sites (tertiary alicyclic amines) is 1. The van der Waals surface area contributed by atoms with Crippen LogP contribution in [0.1, 0.15) is 12.8 Å². The van der Waals surface area contributed by atoms with E-state index in [0.29, 0.717) is 24.7 Å². The van der Waals surface area contributed by atoms with Gasteiger partial charge in [-0.05, 0) is 30.3 Å². The Balaban J connectivity index is 1.48. The van der Waals surface area contributed by atoms with Crippen LogP contribution < -0.4 is 10.1 Å². The zero-order chi connectivity index (χ0) is 16.1. The molecule has 0 unspecified atom stereocenters. The monoisotopic (exact) mass is 316 g/mol. The van der Waals surface area contributed by atoms with E-state index in [1.165, 1.54) is 24.3 Å². The van der Waals surface area contributed by atoms with Crippen LogP contribution in [0.3, 0.4) is 0 Å². The molecule has 6 nitrogen and oxygen atoms in total. The van der Waals surface area contributed by atoms with Crippen molar-refractivity contribution in [3.63, 3.8) is 0 Å². The zero-order valence-electron chi connectivity index (χ0n) is 12.5. The first-order valence-corrected chi connectivity index (χ1v) is 7.46. The van der Waals surface area contributed by atoms with E-state index in [1.807, 2.05) is 0 Å². The van der Waals surface area contributed by atoms with E-state index in [4.69, 9.17) is 4.74 Å². The zero-order valence-corrected chi connectivity index (χ0v) is 12.5. The van der Waals surface area contributed by atoms with Gasteiger partial charge in [0, 0.05) is 43.9 Å². The van der Waals surface area contributed by atoms with Crippen molar-refractivity contribution in [1.82, 2.24) is 15.1 Å². The van der Waals surface area contributed by atoms with Crippen LogP contribution in [0.25, 0.3) is 0 Å². The van der Waals surface area contributed by atoms with Gasteiger partial charge in [0.15, 0.2) is 0 Å². The van der Waals surface area contributed by atoms with Crippen LogP contribution in [0.2, 0.25) is 0 Å². The van der Waals surface area contributed by atoms with Crippen LogP contribution in [0, 0.1) is 5.82 Å². The number of rotatable bonds is 3. The van der Waals surface area contributed by atoms with Crippen LogP contribution in [0.15, 0.2) is 42.6 Å². The van der Waals surface area contributed by atoms with Crippen molar-refractivity contribution < 1.29 is 13.9 Å². The molecule has 0 spiro atoms. The molecule has 1 aromatic heterocycles. The molecule has 1 aliphatic heterocycles. The minimum atomic E-state index is -0.329. The molecular formula is C16H17FN4O2. The summed E-state index contributed by atoms with van der Waals surface area (Å²) in [4.78, 5) is 13.9. The van der Waals surface area contributed by atoms with Gasteiger partial charge in [-0.25, -0.2) is 9.18 Å². The first kappa shape index (κ1) is 15.2. The number of halogens is 1. The fraction of sp³-hybridized carbons (Fsp3) is 0.312. The highest BCUT2D eigenvalue weighted by atomic mass is 19.1. The molecule has 2 heterocycles. The first-order chi connectivity index (χ1) is 11.2. The lowest BCUT2D eigenvalue weighted by Gasteiger charge is -2.31. The molecule has 1 saturated heterocycles. The molecule has 0 radical (unpaired) electrons. The fourth-order valence-corrected chi connectivity index (χ4v) is 2.43. The highest BCUT2D eigenvalue weighted by Gasteiger charge is 2.24. The second-order valence-corrected chi connectivity index (χ2v) is 5.30. The Bertz CT molecular complexity index is 643. The number of carbonyl (C=O) groups excluding carboxylic acids is 1. The predicted octanol–water partition coefficient (Wildman–Crippen LogP) is 2.69. The quantitative estimate of drug-likeness (QED) is 0.945. The van der Waals surface area contributed by atoms with Gasteiger partial charge in [-0.3, -0.25) is 0 Å². The van der Waals surface area contributed by atoms with E-state index in [2.05, 4.69) is 15.5 Å². The first-order valence-electron chi connectivity index (χ1n) is 7.46. The Kier molecular flexibility index (Phi) is 4.65. The van der Waals surface area contributed by atoms with Crippen molar-refractivity contribution in [3.8, 4) is 5.88 Å². The minimum absolute atomic E-state index is 0.0292. The van der Waals surface area contributed by atoms with E-state index in [1.54, 1.807) is 23.2 Å². The summed E-state index contributed by atoms with van der Waals surface area (Å²) >= 11 is 0. The molecule has 2 amide bonds. The Morgan fingerprint density at radius 1 is 1.22 bits per heavy atom. The van der Waals surface area contributed by atoms with E-state index in [9.17, 15) is 9.18 Å². The minimum Gasteiger partial charge on any atom is -0.473 e. The molecule has 0 bridgehead atoms. The van der Waals surface area contributed by atoms with Crippen molar-refractivity contribution >= 4 is 11.7 Å². The third kappa shape index (κ3) is 4.15. The number of nitrogens with zero attached hydrogens (tertiary/aromatic N) is 3. The normalized spacial score (nSPS) is 15.3. The summed E-state index contributed by atoms with van der Waals surface area (Å²) < 4.78 is 18.6. The Labute approximate surface area is 133 Å². The van der Waals surface area contributed by atoms with Gasteiger partial charge in [0.25, 0.3) is 0 Å². The molecule has 0 saturated carbocycles. The molecule has 1 fully saturated rings. The smallest absolute Gasteiger partial charge is 0.321 e. The maximum absolute atomic E-state index is 12.9. The molecule has 1 N–H and O–H groups in total. The Morgan fingerprint density at radius 2 is 1.96 bits per heavy atom. The summed E-state index contributed by atoms with van der Waals surface area (Å²) in [5.41, 5.74) is 0.578. The number of urea groups is 1. The third-order valence-electron chi connectivity index (χ3n) is 3.66. The molecular weight excluding hydrogens is 299 g/mol. The largest absolute Gasteiger partial charge is 0.473 e. The lowest BCUT2D eigenvalue weighted by atomic mass is 10.1. The average Bonchev–Trinajstić information content (AvgIpc) is 2.58. The third-order valence-corrected chi connectivity index (χ3v) is 3.66. The van der Waals surface area contributed by atoms with Crippen LogP contribution in [0.5, 0.6) is 5.88 Å². The molecule has 7 heteroatoms. The van der Waals surface area contributed by atoms with E-state index < -0.39 is 0 Å². The van der Waals surface area contributed by atoms with Crippen LogP contribution in [-0.4, -0.2) is 40.3 Å². The van der Waals surface area contributed by atoms with Crippen LogP contribution in [0.4, 0.5) is 14.9 Å². The number of amides is 2. The number of benzene rings is 1. The van der Waals surface area contributed by atoms with Gasteiger partial charge in [0.1, 0.15) is 11.9 Å². The Hall–Kier alpha value is -2.70. The van der Waals surface area contributed by atoms with Gasteiger partial charge < -0.3 is 15.0 Å².